The number of nitrogens with two attached hydrogens (primary N) is 1. The third kappa shape index (κ3) is 5.16. The second-order valence-electron chi connectivity index (χ2n) is 3.58. The molecule has 0 aliphatic heterocycles. The number of hydrazone groups is 1. The number of nitrogens with one attached hydrogen (secondary N) is 1. The number of hydrogen-bond acceptors (Lipinski definition) is 3. The fraction of sp³-hybridized carbons (Fsp3) is 0.0769. The highest BCUT2D eigenvalue weighted by atomic mass is 35.5. The topological polar surface area (TPSA) is 67.5 Å². The van der Waals surface area contributed by atoms with Crippen molar-refractivity contribution in [3.63, 3.8) is 0 Å². The predicted molar refractivity (Wildman–Crippen MR) is 79.3 cm³/mol. The van der Waals surface area contributed by atoms with Crippen molar-refractivity contribution in [1.82, 2.24) is 5.32 Å². The summed E-state index contributed by atoms with van der Waals surface area (Å²) in [4.78, 5) is 11.8. The smallest absolute Gasteiger partial charge is 0.251 e. The van der Waals surface area contributed by atoms with Gasteiger partial charge in [0, 0.05) is 17.1 Å². The molecule has 0 heterocycles. The van der Waals surface area contributed by atoms with Crippen molar-refractivity contribution in [2.24, 2.45) is 10.9 Å². The molecule has 0 aromatic heterocycles. The van der Waals surface area contributed by atoms with Gasteiger partial charge in [0.25, 0.3) is 5.91 Å². The Labute approximate surface area is 121 Å². The third-order valence-electron chi connectivity index (χ3n) is 2.24. The fourth-order valence-electron chi connectivity index (χ4n) is 1.27. The molecule has 0 aliphatic rings. The molecule has 0 aliphatic carbocycles. The molecular formula is C13H13Cl2N3O. The molecule has 0 atom stereocenters. The number of amides is 1. The van der Waals surface area contributed by atoms with Crippen LogP contribution in [0.25, 0.3) is 0 Å². The van der Waals surface area contributed by atoms with Crippen LogP contribution in [0.2, 0.25) is 0 Å². The van der Waals surface area contributed by atoms with Gasteiger partial charge in [-0.15, -0.1) is 0 Å². The maximum Gasteiger partial charge on any atom is 0.251 e. The Balaban J connectivity index is 2.71. The van der Waals surface area contributed by atoms with Crippen molar-refractivity contribution < 1.29 is 4.79 Å². The monoisotopic (exact) mass is 297 g/mol. The first-order chi connectivity index (χ1) is 9.04. The summed E-state index contributed by atoms with van der Waals surface area (Å²) in [6.45, 7) is 3.77. The fourth-order valence-corrected chi connectivity index (χ4v) is 1.53. The quantitative estimate of drug-likeness (QED) is 0.380. The molecule has 6 heteroatoms. The number of halogens is 2. The largest absolute Gasteiger partial charge is 0.348 e. The normalized spacial score (nSPS) is 12.1. The molecule has 0 fully saturated rings. The summed E-state index contributed by atoms with van der Waals surface area (Å²) in [5.41, 5.74) is 1.09. The Morgan fingerprint density at radius 2 is 2.00 bits per heavy atom. The summed E-state index contributed by atoms with van der Waals surface area (Å²) >= 11 is 11.5. The lowest BCUT2D eigenvalue weighted by atomic mass is 10.2. The number of carbonyl (C=O) groups excluding carboxylic acids is 1. The number of rotatable bonds is 5. The summed E-state index contributed by atoms with van der Waals surface area (Å²) in [5, 5.41) is 6.33. The van der Waals surface area contributed by atoms with E-state index in [0.29, 0.717) is 11.1 Å². The van der Waals surface area contributed by atoms with E-state index in [1.165, 1.54) is 6.08 Å². The molecule has 0 bridgehead atoms. The maximum absolute atomic E-state index is 11.8. The van der Waals surface area contributed by atoms with Crippen molar-refractivity contribution in [3.05, 3.63) is 59.2 Å². The van der Waals surface area contributed by atoms with Crippen LogP contribution in [0.3, 0.4) is 0 Å². The van der Waals surface area contributed by atoms with Gasteiger partial charge in [-0.1, -0.05) is 48.0 Å². The van der Waals surface area contributed by atoms with Gasteiger partial charge < -0.3 is 11.2 Å². The van der Waals surface area contributed by atoms with Crippen molar-refractivity contribution in [1.29, 1.82) is 0 Å². The minimum Gasteiger partial charge on any atom is -0.348 e. The Bertz CT molecular complexity index is 524. The lowest BCUT2D eigenvalue weighted by Gasteiger charge is -2.08. The summed E-state index contributed by atoms with van der Waals surface area (Å²) in [5.74, 6) is 4.80. The van der Waals surface area contributed by atoms with Crippen LogP contribution in [0.5, 0.6) is 0 Å². The van der Waals surface area contributed by atoms with Gasteiger partial charge in [-0.2, -0.15) is 5.10 Å². The maximum atomic E-state index is 11.8. The van der Waals surface area contributed by atoms with Gasteiger partial charge in [-0.3, -0.25) is 4.79 Å². The molecule has 1 aromatic carbocycles. The van der Waals surface area contributed by atoms with Gasteiger partial charge >= 0.3 is 0 Å². The molecule has 19 heavy (non-hydrogen) atoms. The third-order valence-corrected chi connectivity index (χ3v) is 2.69. The molecule has 0 saturated carbocycles. The molecule has 0 radical (unpaired) electrons. The molecule has 0 unspecified atom stereocenters. The highest BCUT2D eigenvalue weighted by molar-refractivity contribution is 6.68. The lowest BCUT2D eigenvalue weighted by Crippen LogP contribution is -2.25. The second-order valence-corrected chi connectivity index (χ2v) is 4.42. The van der Waals surface area contributed by atoms with E-state index in [-0.39, 0.29) is 22.7 Å². The number of benzene rings is 1. The van der Waals surface area contributed by atoms with E-state index in [2.05, 4.69) is 17.0 Å². The second kappa shape index (κ2) is 7.61. The standard InChI is InChI=1S/C13H13Cl2N3O/c1-9(14)11(7-12(15)18-16)8-17-13(19)10-5-3-2-4-6-10/h2-7H,1,8,16H2,(H,17,19)/b11-7-,18-12+. The van der Waals surface area contributed by atoms with Crippen LogP contribution in [0.15, 0.2) is 58.7 Å². The van der Waals surface area contributed by atoms with E-state index in [4.69, 9.17) is 29.0 Å². The van der Waals surface area contributed by atoms with Crippen molar-refractivity contribution in [2.45, 2.75) is 0 Å². The number of allylic oxidation sites excluding steroid dienone is 1. The van der Waals surface area contributed by atoms with E-state index in [1.807, 2.05) is 6.07 Å². The molecule has 1 aromatic rings. The number of nitrogens with zero attached hydrogens (tertiary/aromatic N) is 1. The molecule has 0 saturated heterocycles. The minimum atomic E-state index is -0.217. The molecule has 3 N–H and O–H groups in total. The molecule has 1 rings (SSSR count). The highest BCUT2D eigenvalue weighted by Crippen LogP contribution is 2.12. The van der Waals surface area contributed by atoms with Crippen molar-refractivity contribution >= 4 is 34.3 Å². The van der Waals surface area contributed by atoms with E-state index in [0.717, 1.165) is 0 Å². The Morgan fingerprint density at radius 3 is 2.53 bits per heavy atom. The zero-order valence-electron chi connectivity index (χ0n) is 10.1. The Hall–Kier alpha value is -1.78. The molecular weight excluding hydrogens is 285 g/mol. The summed E-state index contributed by atoms with van der Waals surface area (Å²) in [7, 11) is 0. The Kier molecular flexibility index (Phi) is 6.12. The van der Waals surface area contributed by atoms with Gasteiger partial charge in [-0.05, 0) is 23.8 Å². The van der Waals surface area contributed by atoms with Gasteiger partial charge in [-0.25, -0.2) is 0 Å². The average Bonchev–Trinajstić information content (AvgIpc) is 2.43. The first kappa shape index (κ1) is 15.3. The predicted octanol–water partition coefficient (Wildman–Crippen LogP) is 2.61. The average molecular weight is 298 g/mol. The number of hydrogen-bond donors (Lipinski definition) is 2. The Morgan fingerprint density at radius 1 is 1.37 bits per heavy atom. The SMILES string of the molecule is C=C(Cl)/C(=C\C(Cl)=N/N)CNC(=O)c1ccccc1. The van der Waals surface area contributed by atoms with Gasteiger partial charge in [0.15, 0.2) is 0 Å². The molecule has 0 spiro atoms. The highest BCUT2D eigenvalue weighted by Gasteiger charge is 2.07. The lowest BCUT2D eigenvalue weighted by molar-refractivity contribution is 0.0957. The van der Waals surface area contributed by atoms with E-state index in [1.54, 1.807) is 24.3 Å². The van der Waals surface area contributed by atoms with Gasteiger partial charge in [0.05, 0.1) is 0 Å². The van der Waals surface area contributed by atoms with Crippen LogP contribution >= 0.6 is 23.2 Å². The van der Waals surface area contributed by atoms with Gasteiger partial charge in [0.1, 0.15) is 5.17 Å². The molecule has 100 valence electrons. The van der Waals surface area contributed by atoms with Crippen molar-refractivity contribution in [2.75, 3.05) is 6.54 Å². The van der Waals surface area contributed by atoms with E-state index < -0.39 is 0 Å². The molecule has 4 nitrogen and oxygen atoms in total. The summed E-state index contributed by atoms with van der Waals surface area (Å²) < 4.78 is 0. The van der Waals surface area contributed by atoms with Crippen LogP contribution in [0.4, 0.5) is 0 Å². The zero-order valence-corrected chi connectivity index (χ0v) is 11.6. The van der Waals surface area contributed by atoms with Crippen LogP contribution in [0, 0.1) is 0 Å². The summed E-state index contributed by atoms with van der Waals surface area (Å²) in [6, 6.07) is 8.82. The summed E-state index contributed by atoms with van der Waals surface area (Å²) in [6.07, 6.45) is 1.45. The van der Waals surface area contributed by atoms with E-state index in [9.17, 15) is 4.79 Å². The van der Waals surface area contributed by atoms with Gasteiger partial charge in [0.2, 0.25) is 0 Å². The first-order valence-corrected chi connectivity index (χ1v) is 6.12. The van der Waals surface area contributed by atoms with Crippen LogP contribution in [-0.2, 0) is 0 Å². The number of carbonyl (C=O) groups is 1. The van der Waals surface area contributed by atoms with Crippen molar-refractivity contribution in [3.8, 4) is 0 Å². The molecule has 1 amide bonds. The van der Waals surface area contributed by atoms with E-state index >= 15 is 0 Å². The first-order valence-electron chi connectivity index (χ1n) is 5.36. The van der Waals surface area contributed by atoms with Crippen LogP contribution < -0.4 is 11.2 Å². The minimum absolute atomic E-state index is 0.0748. The van der Waals surface area contributed by atoms with Crippen LogP contribution in [0.1, 0.15) is 10.4 Å². The van der Waals surface area contributed by atoms with Crippen LogP contribution in [-0.4, -0.2) is 17.6 Å². The zero-order chi connectivity index (χ0) is 14.3.